The molecule has 7 heteroatoms. The highest BCUT2D eigenvalue weighted by Crippen LogP contribution is 2.15. The maximum Gasteiger partial charge on any atom is 0.294 e. The summed E-state index contributed by atoms with van der Waals surface area (Å²) in [6, 6.07) is 14.3. The standard InChI is InChI=1S/C12H11N4O3/c17-15(11-4-2-1-3-5-11)14-13-10-6-8-12(9-7-10)16(18)19/h1-9,13H,(H,14,17)/q+1. The van der Waals surface area contributed by atoms with Crippen LogP contribution in [0.2, 0.25) is 0 Å². The number of hydrazine groups is 2. The maximum atomic E-state index is 11.6. The van der Waals surface area contributed by atoms with Crippen LogP contribution in [0.25, 0.3) is 0 Å². The molecule has 0 aliphatic carbocycles. The van der Waals surface area contributed by atoms with Crippen LogP contribution in [0.5, 0.6) is 0 Å². The molecule has 0 unspecified atom stereocenters. The van der Waals surface area contributed by atoms with Crippen molar-refractivity contribution in [1.29, 1.82) is 0 Å². The number of hydrogen-bond acceptors (Lipinski definition) is 4. The molecular formula is C12H11N4O3+. The minimum atomic E-state index is -0.485. The van der Waals surface area contributed by atoms with Crippen LogP contribution < -0.4 is 11.0 Å². The van der Waals surface area contributed by atoms with Crippen LogP contribution in [-0.2, 0) is 0 Å². The van der Waals surface area contributed by atoms with Crippen LogP contribution in [0, 0.1) is 15.0 Å². The monoisotopic (exact) mass is 259 g/mol. The van der Waals surface area contributed by atoms with Gasteiger partial charge in [0.1, 0.15) is 0 Å². The number of nitro benzene ring substituents is 1. The highest BCUT2D eigenvalue weighted by atomic mass is 16.6. The number of nitro groups is 1. The Balaban J connectivity index is 1.95. The lowest BCUT2D eigenvalue weighted by Crippen LogP contribution is -2.28. The molecule has 19 heavy (non-hydrogen) atoms. The number of nitroso groups, excluding NO2 is 1. The summed E-state index contributed by atoms with van der Waals surface area (Å²) in [4.78, 5) is 22.2. The molecule has 96 valence electrons. The van der Waals surface area contributed by atoms with Gasteiger partial charge in [0.25, 0.3) is 11.4 Å². The fourth-order valence-electron chi connectivity index (χ4n) is 1.41. The lowest BCUT2D eigenvalue weighted by molar-refractivity contribution is -0.522. The summed E-state index contributed by atoms with van der Waals surface area (Å²) in [5.74, 6) is 0. The molecule has 0 bridgehead atoms. The van der Waals surface area contributed by atoms with Gasteiger partial charge in [0.2, 0.25) is 0 Å². The molecule has 0 saturated carbocycles. The van der Waals surface area contributed by atoms with E-state index in [4.69, 9.17) is 0 Å². The van der Waals surface area contributed by atoms with E-state index in [0.29, 0.717) is 16.2 Å². The van der Waals surface area contributed by atoms with E-state index in [9.17, 15) is 15.0 Å². The molecular weight excluding hydrogens is 248 g/mol. The molecule has 0 heterocycles. The van der Waals surface area contributed by atoms with Gasteiger partial charge >= 0.3 is 0 Å². The molecule has 0 saturated heterocycles. The van der Waals surface area contributed by atoms with Gasteiger partial charge in [0.05, 0.1) is 15.5 Å². The lowest BCUT2D eigenvalue weighted by Gasteiger charge is -2.01. The Morgan fingerprint density at radius 2 is 1.47 bits per heavy atom. The van der Waals surface area contributed by atoms with Gasteiger partial charge in [-0.2, -0.15) is 0 Å². The Morgan fingerprint density at radius 3 is 2.05 bits per heavy atom. The smallest absolute Gasteiger partial charge is 0.258 e. The van der Waals surface area contributed by atoms with Gasteiger partial charge < -0.3 is 0 Å². The fraction of sp³-hybridized carbons (Fsp3) is 0. The minimum absolute atomic E-state index is 0.00686. The number of para-hydroxylation sites is 1. The van der Waals surface area contributed by atoms with Gasteiger partial charge in [-0.1, -0.05) is 23.7 Å². The Bertz CT molecular complexity index is 584. The number of benzene rings is 2. The van der Waals surface area contributed by atoms with Crippen LogP contribution in [-0.4, -0.2) is 9.79 Å². The summed E-state index contributed by atoms with van der Waals surface area (Å²) >= 11 is 0. The summed E-state index contributed by atoms with van der Waals surface area (Å²) in [7, 11) is 0. The van der Waals surface area contributed by atoms with Crippen LogP contribution in [0.4, 0.5) is 17.1 Å². The Kier molecular flexibility index (Phi) is 3.67. The van der Waals surface area contributed by atoms with Gasteiger partial charge in [-0.15, -0.1) is 0 Å². The van der Waals surface area contributed by atoms with Crippen molar-refractivity contribution in [3.8, 4) is 0 Å². The predicted octanol–water partition coefficient (Wildman–Crippen LogP) is 2.54. The SMILES string of the molecule is O=[N+]([O-])c1ccc(NN[N+](=O)c2ccccc2)cc1. The van der Waals surface area contributed by atoms with Crippen molar-refractivity contribution in [2.45, 2.75) is 0 Å². The summed E-state index contributed by atoms with van der Waals surface area (Å²) in [5, 5.41) is 10.5. The number of nitrogens with one attached hydrogen (secondary N) is 2. The van der Waals surface area contributed by atoms with Crippen LogP contribution >= 0.6 is 0 Å². The van der Waals surface area contributed by atoms with Gasteiger partial charge in [-0.25, -0.2) is 5.43 Å². The van der Waals surface area contributed by atoms with E-state index in [1.807, 2.05) is 0 Å². The second-order valence-electron chi connectivity index (χ2n) is 3.67. The van der Waals surface area contributed by atoms with Gasteiger partial charge in [0, 0.05) is 24.3 Å². The average molecular weight is 259 g/mol. The van der Waals surface area contributed by atoms with Gasteiger partial charge in [0.15, 0.2) is 4.87 Å². The summed E-state index contributed by atoms with van der Waals surface area (Å²) < 4.78 is 0. The largest absolute Gasteiger partial charge is 0.294 e. The topological polar surface area (TPSA) is 87.3 Å². The Hall–Kier alpha value is -2.96. The maximum absolute atomic E-state index is 11.6. The van der Waals surface area contributed by atoms with E-state index < -0.39 is 4.92 Å². The molecule has 2 aromatic carbocycles. The number of hydrogen-bond donors (Lipinski definition) is 2. The molecule has 2 aromatic rings. The molecule has 0 aromatic heterocycles. The molecule has 0 aliphatic rings. The zero-order valence-electron chi connectivity index (χ0n) is 9.82. The van der Waals surface area contributed by atoms with Crippen molar-refractivity contribution >= 4 is 17.1 Å². The predicted molar refractivity (Wildman–Crippen MR) is 69.6 cm³/mol. The van der Waals surface area contributed by atoms with Crippen molar-refractivity contribution in [2.24, 2.45) is 0 Å². The fourth-order valence-corrected chi connectivity index (χ4v) is 1.41. The first kappa shape index (κ1) is 12.5. The molecule has 0 aliphatic heterocycles. The second kappa shape index (κ2) is 5.58. The van der Waals surface area contributed by atoms with Crippen molar-refractivity contribution in [1.82, 2.24) is 5.53 Å². The highest BCUT2D eigenvalue weighted by Gasteiger charge is 2.11. The third kappa shape index (κ3) is 3.25. The molecule has 2 rings (SSSR count). The number of nitrogens with zero attached hydrogens (tertiary/aromatic N) is 2. The molecule has 2 N–H and O–H groups in total. The molecule has 0 atom stereocenters. The number of non-ortho nitro benzene ring substituents is 1. The van der Waals surface area contributed by atoms with Crippen molar-refractivity contribution < 1.29 is 9.79 Å². The van der Waals surface area contributed by atoms with E-state index in [-0.39, 0.29) is 5.69 Å². The highest BCUT2D eigenvalue weighted by molar-refractivity contribution is 5.47. The zero-order valence-corrected chi connectivity index (χ0v) is 9.82. The summed E-state index contributed by atoms with van der Waals surface area (Å²) in [5.41, 5.74) is 6.05. The van der Waals surface area contributed by atoms with Gasteiger partial charge in [-0.3, -0.25) is 10.1 Å². The molecule has 0 radical (unpaired) electrons. The lowest BCUT2D eigenvalue weighted by atomic mass is 10.3. The second-order valence-corrected chi connectivity index (χ2v) is 3.67. The van der Waals surface area contributed by atoms with E-state index in [2.05, 4.69) is 11.0 Å². The normalized spacial score (nSPS) is 9.68. The van der Waals surface area contributed by atoms with Crippen LogP contribution in [0.3, 0.4) is 0 Å². The number of rotatable bonds is 5. The Morgan fingerprint density at radius 1 is 0.842 bits per heavy atom. The summed E-state index contributed by atoms with van der Waals surface area (Å²) in [6.07, 6.45) is 0. The first-order valence-electron chi connectivity index (χ1n) is 5.45. The Labute approximate surface area is 108 Å². The first-order valence-corrected chi connectivity index (χ1v) is 5.45. The minimum Gasteiger partial charge on any atom is -0.258 e. The number of anilines is 1. The van der Waals surface area contributed by atoms with E-state index >= 15 is 0 Å². The van der Waals surface area contributed by atoms with Crippen molar-refractivity contribution in [2.75, 3.05) is 5.43 Å². The van der Waals surface area contributed by atoms with E-state index in [1.54, 1.807) is 30.3 Å². The average Bonchev–Trinajstić information content (AvgIpc) is 2.46. The van der Waals surface area contributed by atoms with Crippen molar-refractivity contribution in [3.63, 3.8) is 0 Å². The van der Waals surface area contributed by atoms with E-state index in [1.165, 1.54) is 24.3 Å². The zero-order chi connectivity index (χ0) is 13.7. The molecule has 0 spiro atoms. The molecule has 7 nitrogen and oxygen atoms in total. The third-order valence-electron chi connectivity index (χ3n) is 2.37. The first-order chi connectivity index (χ1) is 9.16. The van der Waals surface area contributed by atoms with Crippen molar-refractivity contribution in [3.05, 3.63) is 69.6 Å². The quantitative estimate of drug-likeness (QED) is 0.489. The third-order valence-corrected chi connectivity index (χ3v) is 2.37. The molecule has 0 fully saturated rings. The van der Waals surface area contributed by atoms with Crippen LogP contribution in [0.15, 0.2) is 54.6 Å². The van der Waals surface area contributed by atoms with Crippen LogP contribution in [0.1, 0.15) is 0 Å². The van der Waals surface area contributed by atoms with E-state index in [0.717, 1.165) is 0 Å². The molecule has 0 amide bonds. The van der Waals surface area contributed by atoms with Gasteiger partial charge in [-0.05, 0) is 12.1 Å². The summed E-state index contributed by atoms with van der Waals surface area (Å²) in [6.45, 7) is 0.